The molecule has 0 saturated heterocycles. The first kappa shape index (κ1) is 20.7. The summed E-state index contributed by atoms with van der Waals surface area (Å²) in [6.07, 6.45) is -1.76. The molecule has 0 spiro atoms. The van der Waals surface area contributed by atoms with E-state index in [1.54, 1.807) is 36.7 Å². The summed E-state index contributed by atoms with van der Waals surface area (Å²) in [5, 5.41) is 3.07. The minimum atomic E-state index is -4.44. The van der Waals surface area contributed by atoms with E-state index in [1.807, 2.05) is 0 Å². The Hall–Kier alpha value is -3.04. The molecule has 0 aliphatic carbocycles. The van der Waals surface area contributed by atoms with Gasteiger partial charge in [-0.15, -0.1) is 0 Å². The van der Waals surface area contributed by atoms with Gasteiger partial charge in [-0.2, -0.15) is 13.2 Å². The number of ether oxygens (including phenoxy) is 2. The molecule has 2 heterocycles. The van der Waals surface area contributed by atoms with Crippen LogP contribution in [0.15, 0.2) is 54.9 Å². The highest BCUT2D eigenvalue weighted by molar-refractivity contribution is 5.67. The maximum absolute atomic E-state index is 13.1. The smallest absolute Gasteiger partial charge is 0.365 e. The van der Waals surface area contributed by atoms with Crippen LogP contribution in [0, 0.1) is 0 Å². The average molecular weight is 404 g/mol. The molecule has 0 atom stereocenters. The monoisotopic (exact) mass is 404 g/mol. The average Bonchev–Trinajstić information content (AvgIpc) is 2.74. The maximum Gasteiger partial charge on any atom is 0.416 e. The molecule has 2 aromatic heterocycles. The highest BCUT2D eigenvalue weighted by atomic mass is 19.4. The fourth-order valence-electron chi connectivity index (χ4n) is 2.62. The number of aromatic nitrogens is 3. The Labute approximate surface area is 165 Å². The third kappa shape index (κ3) is 5.27. The van der Waals surface area contributed by atoms with Gasteiger partial charge in [0.1, 0.15) is 5.82 Å². The fourth-order valence-corrected chi connectivity index (χ4v) is 2.62. The number of hydrogen-bond donors (Lipinski definition) is 1. The van der Waals surface area contributed by atoms with E-state index >= 15 is 0 Å². The molecule has 0 aliphatic rings. The lowest BCUT2D eigenvalue weighted by atomic mass is 10.1. The zero-order chi connectivity index (χ0) is 20.9. The number of benzene rings is 1. The highest BCUT2D eigenvalue weighted by Gasteiger charge is 2.30. The molecular weight excluding hydrogens is 385 g/mol. The Kier molecular flexibility index (Phi) is 6.40. The summed E-state index contributed by atoms with van der Waals surface area (Å²) in [5.74, 6) is 0.757. The second kappa shape index (κ2) is 8.97. The van der Waals surface area contributed by atoms with E-state index in [4.69, 9.17) is 9.47 Å². The van der Waals surface area contributed by atoms with E-state index in [1.165, 1.54) is 20.3 Å². The first-order valence-corrected chi connectivity index (χ1v) is 8.67. The molecule has 0 amide bonds. The summed E-state index contributed by atoms with van der Waals surface area (Å²) in [4.78, 5) is 12.9. The molecule has 0 aliphatic heterocycles. The van der Waals surface area contributed by atoms with Crippen LogP contribution >= 0.6 is 0 Å². The Bertz CT molecular complexity index is 948. The summed E-state index contributed by atoms with van der Waals surface area (Å²) < 4.78 is 49.6. The Balaban J connectivity index is 2.03. The van der Waals surface area contributed by atoms with Gasteiger partial charge in [-0.05, 0) is 24.3 Å². The third-order valence-electron chi connectivity index (χ3n) is 4.11. The van der Waals surface area contributed by atoms with Crippen molar-refractivity contribution < 1.29 is 22.6 Å². The lowest BCUT2D eigenvalue weighted by Crippen LogP contribution is -2.24. The zero-order valence-corrected chi connectivity index (χ0v) is 15.8. The minimum Gasteiger partial charge on any atom is -0.365 e. The van der Waals surface area contributed by atoms with Crippen LogP contribution in [-0.2, 0) is 15.7 Å². The molecule has 0 radical (unpaired) electrons. The van der Waals surface area contributed by atoms with Gasteiger partial charge in [0.05, 0.1) is 17.8 Å². The molecule has 9 heteroatoms. The first-order chi connectivity index (χ1) is 13.9. The van der Waals surface area contributed by atoms with Crippen molar-refractivity contribution in [2.24, 2.45) is 0 Å². The molecular formula is C20H19F3N4O2. The van der Waals surface area contributed by atoms with Gasteiger partial charge in [0.25, 0.3) is 0 Å². The predicted molar refractivity (Wildman–Crippen MR) is 102 cm³/mol. The van der Waals surface area contributed by atoms with Crippen LogP contribution < -0.4 is 5.32 Å². The standard InChI is InChI=1S/C20H19F3N4O2/c1-28-18(29-2)12-25-17-10-16(13-5-3-7-15(9-13)20(21,22)23)26-19(27-17)14-6-4-8-24-11-14/h3-11,18H,12H2,1-2H3,(H,25,26,27). The van der Waals surface area contributed by atoms with Crippen LogP contribution in [0.25, 0.3) is 22.6 Å². The lowest BCUT2D eigenvalue weighted by molar-refractivity contribution is -0.137. The van der Waals surface area contributed by atoms with E-state index < -0.39 is 18.0 Å². The van der Waals surface area contributed by atoms with Gasteiger partial charge in [-0.3, -0.25) is 4.98 Å². The quantitative estimate of drug-likeness (QED) is 0.594. The highest BCUT2D eigenvalue weighted by Crippen LogP contribution is 2.32. The number of methoxy groups -OCH3 is 2. The van der Waals surface area contributed by atoms with Crippen molar-refractivity contribution in [3.8, 4) is 22.6 Å². The summed E-state index contributed by atoms with van der Waals surface area (Å²) in [6, 6.07) is 10.1. The van der Waals surface area contributed by atoms with Crippen LogP contribution in [0.4, 0.5) is 19.0 Å². The molecule has 0 fully saturated rings. The Morgan fingerprint density at radius 3 is 2.41 bits per heavy atom. The van der Waals surface area contributed by atoms with Crippen LogP contribution in [0.2, 0.25) is 0 Å². The molecule has 1 N–H and O–H groups in total. The van der Waals surface area contributed by atoms with Gasteiger partial charge in [0, 0.05) is 43.8 Å². The Morgan fingerprint density at radius 2 is 1.76 bits per heavy atom. The summed E-state index contributed by atoms with van der Waals surface area (Å²) in [6.45, 7) is 0.290. The zero-order valence-electron chi connectivity index (χ0n) is 15.8. The number of anilines is 1. The molecule has 152 valence electrons. The number of nitrogens with one attached hydrogen (secondary N) is 1. The van der Waals surface area contributed by atoms with Crippen molar-refractivity contribution in [3.63, 3.8) is 0 Å². The number of halogens is 3. The van der Waals surface area contributed by atoms with Gasteiger partial charge >= 0.3 is 6.18 Å². The molecule has 1 aromatic carbocycles. The normalized spacial score (nSPS) is 11.7. The number of pyridine rings is 1. The fraction of sp³-hybridized carbons (Fsp3) is 0.250. The van der Waals surface area contributed by atoms with Crippen LogP contribution in [0.5, 0.6) is 0 Å². The number of alkyl halides is 3. The van der Waals surface area contributed by atoms with E-state index in [2.05, 4.69) is 20.3 Å². The first-order valence-electron chi connectivity index (χ1n) is 8.67. The van der Waals surface area contributed by atoms with E-state index in [-0.39, 0.29) is 0 Å². The lowest BCUT2D eigenvalue weighted by Gasteiger charge is -2.16. The van der Waals surface area contributed by atoms with Crippen LogP contribution in [-0.4, -0.2) is 42.0 Å². The topological polar surface area (TPSA) is 69.2 Å². The molecule has 0 saturated carbocycles. The molecule has 0 unspecified atom stereocenters. The van der Waals surface area contributed by atoms with Gasteiger partial charge in [0.2, 0.25) is 0 Å². The summed E-state index contributed by atoms with van der Waals surface area (Å²) >= 11 is 0. The maximum atomic E-state index is 13.1. The van der Waals surface area contributed by atoms with Crippen molar-refractivity contribution >= 4 is 5.82 Å². The van der Waals surface area contributed by atoms with Crippen LogP contribution in [0.3, 0.4) is 0 Å². The van der Waals surface area contributed by atoms with Crippen molar-refractivity contribution in [1.82, 2.24) is 15.0 Å². The van der Waals surface area contributed by atoms with Gasteiger partial charge in [-0.1, -0.05) is 12.1 Å². The number of hydrogen-bond acceptors (Lipinski definition) is 6. The summed E-state index contributed by atoms with van der Waals surface area (Å²) in [5.41, 5.74) is 0.563. The minimum absolute atomic E-state index is 0.290. The number of nitrogens with zero attached hydrogens (tertiary/aromatic N) is 3. The van der Waals surface area contributed by atoms with E-state index in [9.17, 15) is 13.2 Å². The Morgan fingerprint density at radius 1 is 1.00 bits per heavy atom. The van der Waals surface area contributed by atoms with Crippen molar-refractivity contribution in [2.45, 2.75) is 12.5 Å². The second-order valence-corrected chi connectivity index (χ2v) is 6.06. The van der Waals surface area contributed by atoms with Gasteiger partial charge < -0.3 is 14.8 Å². The summed E-state index contributed by atoms with van der Waals surface area (Å²) in [7, 11) is 3.01. The largest absolute Gasteiger partial charge is 0.416 e. The second-order valence-electron chi connectivity index (χ2n) is 6.06. The van der Waals surface area contributed by atoms with Crippen molar-refractivity contribution in [2.75, 3.05) is 26.1 Å². The van der Waals surface area contributed by atoms with E-state index in [0.29, 0.717) is 35.0 Å². The molecule has 0 bridgehead atoms. The number of rotatable bonds is 7. The predicted octanol–water partition coefficient (Wildman–Crippen LogP) is 4.26. The molecule has 29 heavy (non-hydrogen) atoms. The van der Waals surface area contributed by atoms with Crippen molar-refractivity contribution in [3.05, 3.63) is 60.4 Å². The molecule has 3 aromatic rings. The third-order valence-corrected chi connectivity index (χ3v) is 4.11. The van der Waals surface area contributed by atoms with E-state index in [0.717, 1.165) is 12.1 Å². The molecule has 3 rings (SSSR count). The van der Waals surface area contributed by atoms with Crippen molar-refractivity contribution in [1.29, 1.82) is 0 Å². The van der Waals surface area contributed by atoms with Gasteiger partial charge in [0.15, 0.2) is 12.1 Å². The van der Waals surface area contributed by atoms with Crippen LogP contribution in [0.1, 0.15) is 5.56 Å². The SMILES string of the molecule is COC(CNc1cc(-c2cccc(C(F)(F)F)c2)nc(-c2cccnc2)n1)OC. The van der Waals surface area contributed by atoms with Gasteiger partial charge in [-0.25, -0.2) is 9.97 Å². The molecule has 6 nitrogen and oxygen atoms in total.